The van der Waals surface area contributed by atoms with Crippen molar-refractivity contribution < 1.29 is 9.15 Å². The second-order valence-corrected chi connectivity index (χ2v) is 4.30. The Morgan fingerprint density at radius 3 is 2.60 bits per heavy atom. The first-order valence-corrected chi connectivity index (χ1v) is 5.43. The standard InChI is InChI=1S/C11H18N2O2/c1-6-7(2)15-8(3)10(6)11-9(4-12)13-5-14-11/h5-8,10H,4,12H2,1-3H3. The van der Waals surface area contributed by atoms with E-state index in [4.69, 9.17) is 14.9 Å². The maximum atomic E-state index is 5.78. The van der Waals surface area contributed by atoms with Crippen LogP contribution in [-0.4, -0.2) is 17.2 Å². The lowest BCUT2D eigenvalue weighted by Gasteiger charge is -2.16. The summed E-state index contributed by atoms with van der Waals surface area (Å²) in [5.41, 5.74) is 6.48. The van der Waals surface area contributed by atoms with E-state index in [0.29, 0.717) is 12.5 Å². The highest BCUT2D eigenvalue weighted by molar-refractivity contribution is 5.17. The Kier molecular flexibility index (Phi) is 2.80. The molecule has 4 nitrogen and oxygen atoms in total. The maximum Gasteiger partial charge on any atom is 0.181 e. The quantitative estimate of drug-likeness (QED) is 0.806. The number of rotatable bonds is 2. The molecule has 1 aromatic heterocycles. The van der Waals surface area contributed by atoms with Gasteiger partial charge in [0.25, 0.3) is 0 Å². The number of aromatic nitrogens is 1. The molecule has 84 valence electrons. The first-order valence-electron chi connectivity index (χ1n) is 5.43. The number of nitrogens with zero attached hydrogens (tertiary/aromatic N) is 1. The van der Waals surface area contributed by atoms with Crippen LogP contribution in [0.4, 0.5) is 0 Å². The van der Waals surface area contributed by atoms with E-state index in [1.807, 2.05) is 0 Å². The third-order valence-corrected chi connectivity index (χ3v) is 3.41. The fourth-order valence-electron chi connectivity index (χ4n) is 2.42. The predicted octanol–water partition coefficient (Wildman–Crippen LogP) is 1.66. The molecule has 15 heavy (non-hydrogen) atoms. The summed E-state index contributed by atoms with van der Waals surface area (Å²) in [6.45, 7) is 6.78. The summed E-state index contributed by atoms with van der Waals surface area (Å²) in [7, 11) is 0. The Morgan fingerprint density at radius 2 is 2.07 bits per heavy atom. The van der Waals surface area contributed by atoms with Crippen LogP contribution >= 0.6 is 0 Å². The zero-order valence-electron chi connectivity index (χ0n) is 9.43. The average Bonchev–Trinajstić information content (AvgIpc) is 2.73. The molecule has 1 saturated heterocycles. The summed E-state index contributed by atoms with van der Waals surface area (Å²) in [5.74, 6) is 1.63. The highest BCUT2D eigenvalue weighted by Crippen LogP contribution is 2.40. The number of hydrogen-bond donors (Lipinski definition) is 1. The molecule has 4 atom stereocenters. The van der Waals surface area contributed by atoms with Crippen molar-refractivity contribution in [3.63, 3.8) is 0 Å². The van der Waals surface area contributed by atoms with Crippen LogP contribution in [0.3, 0.4) is 0 Å². The molecule has 1 aromatic rings. The van der Waals surface area contributed by atoms with Crippen LogP contribution in [-0.2, 0) is 11.3 Å². The van der Waals surface area contributed by atoms with Gasteiger partial charge in [-0.2, -0.15) is 0 Å². The first-order chi connectivity index (χ1) is 7.15. The summed E-state index contributed by atoms with van der Waals surface area (Å²) in [6, 6.07) is 0. The van der Waals surface area contributed by atoms with Crippen molar-refractivity contribution >= 4 is 0 Å². The van der Waals surface area contributed by atoms with Gasteiger partial charge in [-0.15, -0.1) is 0 Å². The number of ether oxygens (including phenoxy) is 1. The van der Waals surface area contributed by atoms with Crippen molar-refractivity contribution in [3.05, 3.63) is 17.8 Å². The van der Waals surface area contributed by atoms with Gasteiger partial charge in [0.15, 0.2) is 6.39 Å². The van der Waals surface area contributed by atoms with E-state index in [1.165, 1.54) is 6.39 Å². The van der Waals surface area contributed by atoms with Gasteiger partial charge in [0.05, 0.1) is 23.8 Å². The first kappa shape index (κ1) is 10.6. The molecule has 1 aliphatic heterocycles. The molecule has 0 radical (unpaired) electrons. The molecular formula is C11H18N2O2. The van der Waals surface area contributed by atoms with Gasteiger partial charge in [-0.25, -0.2) is 4.98 Å². The van der Waals surface area contributed by atoms with Gasteiger partial charge in [0.2, 0.25) is 0 Å². The molecule has 2 N–H and O–H groups in total. The minimum atomic E-state index is 0.174. The van der Waals surface area contributed by atoms with Crippen LogP contribution < -0.4 is 5.73 Å². The Bertz CT molecular complexity index is 337. The van der Waals surface area contributed by atoms with Crippen molar-refractivity contribution in [1.82, 2.24) is 4.98 Å². The minimum Gasteiger partial charge on any atom is -0.448 e. The van der Waals surface area contributed by atoms with Gasteiger partial charge in [-0.05, 0) is 19.8 Å². The molecule has 2 rings (SSSR count). The molecule has 2 heterocycles. The Balaban J connectivity index is 2.30. The molecule has 1 fully saturated rings. The third kappa shape index (κ3) is 1.68. The lowest BCUT2D eigenvalue weighted by molar-refractivity contribution is 0.0547. The largest absolute Gasteiger partial charge is 0.448 e. The summed E-state index contributed by atoms with van der Waals surface area (Å²) in [5, 5.41) is 0. The highest BCUT2D eigenvalue weighted by atomic mass is 16.5. The Labute approximate surface area is 89.8 Å². The van der Waals surface area contributed by atoms with Gasteiger partial charge >= 0.3 is 0 Å². The number of oxazole rings is 1. The molecule has 4 heteroatoms. The SMILES string of the molecule is CC1OC(C)C(c2ocnc2CN)C1C. The van der Waals surface area contributed by atoms with Crippen molar-refractivity contribution in [2.75, 3.05) is 0 Å². The maximum absolute atomic E-state index is 5.78. The van der Waals surface area contributed by atoms with Crippen LogP contribution in [0.1, 0.15) is 38.1 Å². The topological polar surface area (TPSA) is 61.3 Å². The van der Waals surface area contributed by atoms with Crippen molar-refractivity contribution in [2.45, 2.75) is 45.4 Å². The van der Waals surface area contributed by atoms with Crippen molar-refractivity contribution in [3.8, 4) is 0 Å². The van der Waals surface area contributed by atoms with Crippen molar-refractivity contribution in [2.24, 2.45) is 11.7 Å². The summed E-state index contributed by atoms with van der Waals surface area (Å²) >= 11 is 0. The molecular weight excluding hydrogens is 192 g/mol. The minimum absolute atomic E-state index is 0.174. The molecule has 0 spiro atoms. The average molecular weight is 210 g/mol. The van der Waals surface area contributed by atoms with Crippen LogP contribution in [0, 0.1) is 5.92 Å². The van der Waals surface area contributed by atoms with Gasteiger partial charge < -0.3 is 14.9 Å². The van der Waals surface area contributed by atoms with E-state index >= 15 is 0 Å². The normalized spacial score (nSPS) is 36.0. The van der Waals surface area contributed by atoms with Crippen LogP contribution in [0.15, 0.2) is 10.8 Å². The van der Waals surface area contributed by atoms with E-state index in [0.717, 1.165) is 11.5 Å². The zero-order chi connectivity index (χ0) is 11.0. The molecule has 0 amide bonds. The zero-order valence-corrected chi connectivity index (χ0v) is 9.43. The van der Waals surface area contributed by atoms with E-state index in [9.17, 15) is 0 Å². The molecule has 0 aromatic carbocycles. The summed E-state index contributed by atoms with van der Waals surface area (Å²) < 4.78 is 11.2. The molecule has 0 aliphatic carbocycles. The van der Waals surface area contributed by atoms with Gasteiger partial charge in [0.1, 0.15) is 5.76 Å². The summed E-state index contributed by atoms with van der Waals surface area (Å²) in [6.07, 6.45) is 1.91. The molecule has 0 bridgehead atoms. The Hall–Kier alpha value is -0.870. The highest BCUT2D eigenvalue weighted by Gasteiger charge is 2.40. The summed E-state index contributed by atoms with van der Waals surface area (Å²) in [4.78, 5) is 4.13. The van der Waals surface area contributed by atoms with Gasteiger partial charge in [-0.3, -0.25) is 0 Å². The predicted molar refractivity (Wildman–Crippen MR) is 56.3 cm³/mol. The molecule has 4 unspecified atom stereocenters. The fourth-order valence-corrected chi connectivity index (χ4v) is 2.42. The van der Waals surface area contributed by atoms with E-state index < -0.39 is 0 Å². The van der Waals surface area contributed by atoms with Crippen LogP contribution in [0.5, 0.6) is 0 Å². The lowest BCUT2D eigenvalue weighted by Crippen LogP contribution is -2.17. The number of hydrogen-bond acceptors (Lipinski definition) is 4. The van der Waals surface area contributed by atoms with Crippen LogP contribution in [0.2, 0.25) is 0 Å². The third-order valence-electron chi connectivity index (χ3n) is 3.41. The van der Waals surface area contributed by atoms with Gasteiger partial charge in [0, 0.05) is 6.54 Å². The lowest BCUT2D eigenvalue weighted by atomic mass is 9.86. The van der Waals surface area contributed by atoms with Gasteiger partial charge in [-0.1, -0.05) is 6.92 Å². The van der Waals surface area contributed by atoms with Crippen molar-refractivity contribution in [1.29, 1.82) is 0 Å². The smallest absolute Gasteiger partial charge is 0.181 e. The fraction of sp³-hybridized carbons (Fsp3) is 0.727. The Morgan fingerprint density at radius 1 is 1.33 bits per heavy atom. The second-order valence-electron chi connectivity index (χ2n) is 4.30. The molecule has 1 aliphatic rings. The molecule has 0 saturated carbocycles. The second kappa shape index (κ2) is 3.94. The van der Waals surface area contributed by atoms with Crippen LogP contribution in [0.25, 0.3) is 0 Å². The monoisotopic (exact) mass is 210 g/mol. The van der Waals surface area contributed by atoms with E-state index in [2.05, 4.69) is 25.8 Å². The van der Waals surface area contributed by atoms with E-state index in [-0.39, 0.29) is 18.1 Å². The van der Waals surface area contributed by atoms with E-state index in [1.54, 1.807) is 0 Å². The number of nitrogens with two attached hydrogens (primary N) is 1.